The van der Waals surface area contributed by atoms with Crippen molar-refractivity contribution < 1.29 is 22.3 Å². The third-order valence-corrected chi connectivity index (χ3v) is 4.13. The number of pyridine rings is 1. The van der Waals surface area contributed by atoms with Gasteiger partial charge in [-0.25, -0.2) is 4.98 Å². The average Bonchev–Trinajstić information content (AvgIpc) is 3.16. The molecule has 0 atom stereocenters. The van der Waals surface area contributed by atoms with E-state index >= 15 is 0 Å². The van der Waals surface area contributed by atoms with Crippen molar-refractivity contribution in [2.24, 2.45) is 5.10 Å². The second-order valence-corrected chi connectivity index (χ2v) is 6.31. The number of benzene rings is 1. The van der Waals surface area contributed by atoms with Crippen molar-refractivity contribution in [2.75, 3.05) is 12.5 Å². The molecule has 0 saturated carbocycles. The Labute approximate surface area is 170 Å². The van der Waals surface area contributed by atoms with Gasteiger partial charge in [-0.05, 0) is 31.2 Å². The lowest BCUT2D eigenvalue weighted by Crippen LogP contribution is -2.06. The number of nitrogens with zero attached hydrogens (tertiary/aromatic N) is 3. The van der Waals surface area contributed by atoms with Crippen LogP contribution in [-0.2, 0) is 17.5 Å². The summed E-state index contributed by atoms with van der Waals surface area (Å²) in [6.07, 6.45) is -3.20. The second kappa shape index (κ2) is 8.80. The van der Waals surface area contributed by atoms with Gasteiger partial charge in [0.15, 0.2) is 5.82 Å². The molecule has 1 aromatic carbocycles. The van der Waals surface area contributed by atoms with E-state index in [1.807, 2.05) is 0 Å². The molecule has 6 nitrogen and oxygen atoms in total. The third-order valence-electron chi connectivity index (χ3n) is 4.13. The minimum absolute atomic E-state index is 0.0612. The van der Waals surface area contributed by atoms with Crippen LogP contribution in [0.5, 0.6) is 0 Å². The Morgan fingerprint density at radius 1 is 1.27 bits per heavy atom. The quantitative estimate of drug-likeness (QED) is 0.446. The highest BCUT2D eigenvalue weighted by Crippen LogP contribution is 2.37. The molecule has 1 N–H and O–H groups in total. The number of anilines is 1. The van der Waals surface area contributed by atoms with Gasteiger partial charge in [0.05, 0.1) is 18.4 Å². The molecule has 30 heavy (non-hydrogen) atoms. The maximum absolute atomic E-state index is 13.2. The van der Waals surface area contributed by atoms with E-state index in [1.165, 1.54) is 43.7 Å². The number of aryl methyl sites for hydroxylation is 1. The molecule has 0 unspecified atom stereocenters. The Morgan fingerprint density at radius 3 is 2.73 bits per heavy atom. The molecule has 0 aliphatic heterocycles. The first-order chi connectivity index (χ1) is 14.3. The number of alkyl halides is 3. The molecule has 3 rings (SSSR count). The minimum atomic E-state index is -4.50. The fraction of sp³-hybridized carbons (Fsp3) is 0.190. The number of halogens is 3. The van der Waals surface area contributed by atoms with Gasteiger partial charge in [0.1, 0.15) is 23.2 Å². The molecule has 9 heteroatoms. The van der Waals surface area contributed by atoms with Gasteiger partial charge in [-0.1, -0.05) is 18.2 Å². The van der Waals surface area contributed by atoms with Crippen LogP contribution in [0.25, 0.3) is 11.3 Å². The van der Waals surface area contributed by atoms with E-state index in [1.54, 1.807) is 13.0 Å². The Hall–Kier alpha value is -3.64. The van der Waals surface area contributed by atoms with Gasteiger partial charge in [-0.15, -0.1) is 0 Å². The second-order valence-electron chi connectivity index (χ2n) is 6.31. The van der Waals surface area contributed by atoms with E-state index in [2.05, 4.69) is 21.6 Å². The van der Waals surface area contributed by atoms with Crippen LogP contribution in [0.15, 0.2) is 52.0 Å². The van der Waals surface area contributed by atoms with Gasteiger partial charge in [0, 0.05) is 23.9 Å². The summed E-state index contributed by atoms with van der Waals surface area (Å²) in [4.78, 5) is 4.25. The van der Waals surface area contributed by atoms with Crippen molar-refractivity contribution >= 4 is 12.0 Å². The zero-order valence-electron chi connectivity index (χ0n) is 16.1. The van der Waals surface area contributed by atoms with Crippen LogP contribution in [0.4, 0.5) is 19.0 Å². The standard InChI is InChI=1S/C21H17F3N4O2/c1-13-9-14(12-29-2)17(10-25)20(27-13)28-26-11-15-7-8-19(30-15)16-5-3-4-6-18(16)21(22,23)24/h3-9,11H,12H2,1-2H3,(H,27,28)/b26-11-. The van der Waals surface area contributed by atoms with Gasteiger partial charge in [0.25, 0.3) is 0 Å². The molecule has 0 amide bonds. The summed E-state index contributed by atoms with van der Waals surface area (Å²) in [5.41, 5.74) is 3.45. The topological polar surface area (TPSA) is 83.4 Å². The van der Waals surface area contributed by atoms with Crippen LogP contribution in [0.2, 0.25) is 0 Å². The van der Waals surface area contributed by atoms with Crippen LogP contribution < -0.4 is 5.43 Å². The monoisotopic (exact) mass is 414 g/mol. The minimum Gasteiger partial charge on any atom is -0.455 e. The van der Waals surface area contributed by atoms with E-state index < -0.39 is 11.7 Å². The Kier molecular flexibility index (Phi) is 6.18. The lowest BCUT2D eigenvalue weighted by Gasteiger charge is -2.10. The van der Waals surface area contributed by atoms with Crippen molar-refractivity contribution in [1.82, 2.24) is 4.98 Å². The highest BCUT2D eigenvalue weighted by atomic mass is 19.4. The van der Waals surface area contributed by atoms with Gasteiger partial charge in [-0.2, -0.15) is 23.5 Å². The largest absolute Gasteiger partial charge is 0.455 e. The number of hydrazone groups is 1. The summed E-state index contributed by atoms with van der Waals surface area (Å²) < 4.78 is 50.2. The fourth-order valence-electron chi connectivity index (χ4n) is 2.89. The number of methoxy groups -OCH3 is 1. The van der Waals surface area contributed by atoms with E-state index in [4.69, 9.17) is 9.15 Å². The van der Waals surface area contributed by atoms with Crippen LogP contribution in [0.3, 0.4) is 0 Å². The number of nitrogens with one attached hydrogen (secondary N) is 1. The van der Waals surface area contributed by atoms with E-state index in [9.17, 15) is 18.4 Å². The van der Waals surface area contributed by atoms with E-state index in [0.29, 0.717) is 16.8 Å². The first kappa shape index (κ1) is 21.1. The number of nitriles is 1. The lowest BCUT2D eigenvalue weighted by atomic mass is 10.1. The van der Waals surface area contributed by atoms with Crippen LogP contribution in [0, 0.1) is 18.3 Å². The number of rotatable bonds is 6. The molecule has 0 radical (unpaired) electrons. The summed E-state index contributed by atoms with van der Waals surface area (Å²) >= 11 is 0. The lowest BCUT2D eigenvalue weighted by molar-refractivity contribution is -0.137. The molecule has 3 aromatic rings. The van der Waals surface area contributed by atoms with Gasteiger partial charge >= 0.3 is 6.18 Å². The maximum Gasteiger partial charge on any atom is 0.417 e. The van der Waals surface area contributed by atoms with E-state index in [0.717, 1.165) is 6.07 Å². The normalized spacial score (nSPS) is 11.6. The molecule has 0 saturated heterocycles. The molecule has 0 aliphatic rings. The maximum atomic E-state index is 13.2. The number of aromatic nitrogens is 1. The smallest absolute Gasteiger partial charge is 0.417 e. The fourth-order valence-corrected chi connectivity index (χ4v) is 2.89. The van der Waals surface area contributed by atoms with Gasteiger partial charge < -0.3 is 9.15 Å². The van der Waals surface area contributed by atoms with E-state index in [-0.39, 0.29) is 29.5 Å². The number of furan rings is 1. The highest BCUT2D eigenvalue weighted by molar-refractivity contribution is 5.78. The molecule has 0 spiro atoms. The molecule has 2 aromatic heterocycles. The molecule has 154 valence electrons. The zero-order chi connectivity index (χ0) is 21.7. The first-order valence-corrected chi connectivity index (χ1v) is 8.78. The van der Waals surface area contributed by atoms with Gasteiger partial charge in [-0.3, -0.25) is 5.43 Å². The molecule has 0 fully saturated rings. The van der Waals surface area contributed by atoms with Crippen LogP contribution in [0.1, 0.15) is 28.1 Å². The molecule has 0 aliphatic carbocycles. The molecule has 2 heterocycles. The summed E-state index contributed by atoms with van der Waals surface area (Å²) in [5, 5.41) is 13.4. The third kappa shape index (κ3) is 4.67. The Morgan fingerprint density at radius 2 is 2.03 bits per heavy atom. The number of hydrogen-bond acceptors (Lipinski definition) is 6. The van der Waals surface area contributed by atoms with Crippen molar-refractivity contribution in [3.05, 3.63) is 70.6 Å². The molecular weight excluding hydrogens is 397 g/mol. The Bertz CT molecular complexity index is 1110. The average molecular weight is 414 g/mol. The van der Waals surface area contributed by atoms with Crippen molar-refractivity contribution in [1.29, 1.82) is 5.26 Å². The van der Waals surface area contributed by atoms with Crippen LogP contribution >= 0.6 is 0 Å². The predicted molar refractivity (Wildman–Crippen MR) is 105 cm³/mol. The highest BCUT2D eigenvalue weighted by Gasteiger charge is 2.34. The van der Waals surface area contributed by atoms with Crippen molar-refractivity contribution in [3.63, 3.8) is 0 Å². The summed E-state index contributed by atoms with van der Waals surface area (Å²) in [6.45, 7) is 2.01. The van der Waals surface area contributed by atoms with Crippen molar-refractivity contribution in [2.45, 2.75) is 19.7 Å². The van der Waals surface area contributed by atoms with Crippen molar-refractivity contribution in [3.8, 4) is 17.4 Å². The van der Waals surface area contributed by atoms with Gasteiger partial charge in [0.2, 0.25) is 0 Å². The summed E-state index contributed by atoms with van der Waals surface area (Å²) in [6, 6.07) is 11.9. The zero-order valence-corrected chi connectivity index (χ0v) is 16.1. The SMILES string of the molecule is COCc1cc(C)nc(N/N=C\c2ccc(-c3ccccc3C(F)(F)F)o2)c1C#N. The summed E-state index contributed by atoms with van der Waals surface area (Å²) in [5.74, 6) is 0.547. The number of hydrogen-bond donors (Lipinski definition) is 1. The molecule has 0 bridgehead atoms. The Balaban J connectivity index is 1.83. The predicted octanol–water partition coefficient (Wildman–Crippen LogP) is 5.13. The first-order valence-electron chi connectivity index (χ1n) is 8.78. The van der Waals surface area contributed by atoms with Crippen LogP contribution in [-0.4, -0.2) is 18.3 Å². The number of ether oxygens (including phenoxy) is 1. The summed E-state index contributed by atoms with van der Waals surface area (Å²) in [7, 11) is 1.52. The molecular formula is C21H17F3N4O2.